The van der Waals surface area contributed by atoms with E-state index in [9.17, 15) is 4.79 Å². The molecule has 0 aliphatic carbocycles. The maximum Gasteiger partial charge on any atom is 0.328 e. The van der Waals surface area contributed by atoms with Crippen LogP contribution >= 0.6 is 0 Å². The van der Waals surface area contributed by atoms with Crippen LogP contribution in [-0.2, 0) is 9.53 Å². The Kier molecular flexibility index (Phi) is 3.55. The summed E-state index contributed by atoms with van der Waals surface area (Å²) < 4.78 is 12.1. The van der Waals surface area contributed by atoms with Crippen LogP contribution in [0.5, 0.6) is 5.75 Å². The van der Waals surface area contributed by atoms with E-state index >= 15 is 0 Å². The molecule has 96 valence electrons. The Morgan fingerprint density at radius 3 is 2.83 bits per heavy atom. The van der Waals surface area contributed by atoms with Crippen molar-refractivity contribution in [2.24, 2.45) is 0 Å². The van der Waals surface area contributed by atoms with Crippen LogP contribution in [0.4, 0.5) is 0 Å². The van der Waals surface area contributed by atoms with E-state index in [0.29, 0.717) is 6.61 Å². The van der Waals surface area contributed by atoms with Crippen molar-refractivity contribution in [3.8, 4) is 5.75 Å². The van der Waals surface area contributed by atoms with E-state index in [1.54, 1.807) is 7.11 Å². The van der Waals surface area contributed by atoms with Gasteiger partial charge in [-0.15, -0.1) is 0 Å². The number of methoxy groups -OCH3 is 1. The van der Waals surface area contributed by atoms with Crippen molar-refractivity contribution in [2.75, 3.05) is 13.7 Å². The van der Waals surface area contributed by atoms with Gasteiger partial charge in [0.25, 0.3) is 0 Å². The largest absolute Gasteiger partial charge is 0.497 e. The Balaban J connectivity index is 2.37. The highest BCUT2D eigenvalue weighted by atomic mass is 16.5. The number of carbonyl (C=O) groups excluding carboxylic acids is 1. The van der Waals surface area contributed by atoms with Crippen LogP contribution in [0.3, 0.4) is 0 Å². The Hall–Kier alpha value is -1.97. The second-order valence-corrected chi connectivity index (χ2v) is 4.08. The first-order chi connectivity index (χ1) is 8.67. The zero-order valence-corrected chi connectivity index (χ0v) is 10.8. The molecule has 0 fully saturated rings. The van der Waals surface area contributed by atoms with Crippen molar-refractivity contribution < 1.29 is 14.3 Å². The van der Waals surface area contributed by atoms with Gasteiger partial charge in [0, 0.05) is 17.1 Å². The van der Waals surface area contributed by atoms with Gasteiger partial charge < -0.3 is 14.0 Å². The molecule has 0 aliphatic heterocycles. The second-order valence-electron chi connectivity index (χ2n) is 4.08. The summed E-state index contributed by atoms with van der Waals surface area (Å²) in [5.74, 6) is 0.592. The van der Waals surface area contributed by atoms with Gasteiger partial charge in [0.15, 0.2) is 0 Å². The summed E-state index contributed by atoms with van der Waals surface area (Å²) in [6.07, 6.45) is 1.89. The number of hydrogen-bond donors (Lipinski definition) is 0. The predicted molar refractivity (Wildman–Crippen MR) is 69.8 cm³/mol. The van der Waals surface area contributed by atoms with Crippen LogP contribution in [0.25, 0.3) is 10.9 Å². The molecule has 1 heterocycles. The molecule has 0 spiro atoms. The molecule has 0 amide bonds. The highest BCUT2D eigenvalue weighted by molar-refractivity contribution is 5.84. The highest BCUT2D eigenvalue weighted by Gasteiger charge is 2.17. The number of benzene rings is 1. The Bertz CT molecular complexity index is 559. The van der Waals surface area contributed by atoms with E-state index in [2.05, 4.69) is 0 Å². The van der Waals surface area contributed by atoms with Crippen molar-refractivity contribution >= 4 is 16.9 Å². The molecule has 0 bridgehead atoms. The average molecular weight is 247 g/mol. The minimum Gasteiger partial charge on any atom is -0.497 e. The summed E-state index contributed by atoms with van der Waals surface area (Å²) in [6.45, 7) is 4.04. The molecule has 0 saturated heterocycles. The van der Waals surface area contributed by atoms with Gasteiger partial charge in [-0.3, -0.25) is 0 Å². The predicted octanol–water partition coefficient (Wildman–Crippen LogP) is 2.77. The lowest BCUT2D eigenvalue weighted by Gasteiger charge is -2.13. The SMILES string of the molecule is CCOC(=O)C(C)n1ccc2cc(OC)ccc21. The third-order valence-corrected chi connectivity index (χ3v) is 2.97. The molecule has 18 heavy (non-hydrogen) atoms. The molecule has 0 radical (unpaired) electrons. The van der Waals surface area contributed by atoms with Crippen molar-refractivity contribution in [3.05, 3.63) is 30.5 Å². The van der Waals surface area contributed by atoms with Crippen molar-refractivity contribution in [1.29, 1.82) is 0 Å². The first kappa shape index (κ1) is 12.5. The number of carbonyl (C=O) groups is 1. The number of esters is 1. The molecule has 4 heteroatoms. The number of nitrogens with zero attached hydrogens (tertiary/aromatic N) is 1. The molecule has 1 unspecified atom stereocenters. The topological polar surface area (TPSA) is 40.5 Å². The van der Waals surface area contributed by atoms with Gasteiger partial charge in [0.05, 0.1) is 13.7 Å². The first-order valence-corrected chi connectivity index (χ1v) is 5.98. The number of ether oxygens (including phenoxy) is 2. The summed E-state index contributed by atoms with van der Waals surface area (Å²) in [5.41, 5.74) is 0.997. The molecule has 0 saturated carbocycles. The fourth-order valence-corrected chi connectivity index (χ4v) is 1.98. The summed E-state index contributed by atoms with van der Waals surface area (Å²) in [4.78, 5) is 11.7. The van der Waals surface area contributed by atoms with E-state index in [1.165, 1.54) is 0 Å². The fraction of sp³-hybridized carbons (Fsp3) is 0.357. The quantitative estimate of drug-likeness (QED) is 0.780. The zero-order chi connectivity index (χ0) is 13.1. The zero-order valence-electron chi connectivity index (χ0n) is 10.8. The molecule has 1 aromatic heterocycles. The van der Waals surface area contributed by atoms with Crippen LogP contribution in [0.1, 0.15) is 19.9 Å². The van der Waals surface area contributed by atoms with Crippen LogP contribution in [-0.4, -0.2) is 24.3 Å². The second kappa shape index (κ2) is 5.12. The van der Waals surface area contributed by atoms with Gasteiger partial charge in [0.1, 0.15) is 11.8 Å². The minimum atomic E-state index is -0.323. The van der Waals surface area contributed by atoms with Gasteiger partial charge >= 0.3 is 5.97 Å². The number of rotatable bonds is 4. The Morgan fingerprint density at radius 1 is 1.39 bits per heavy atom. The van der Waals surface area contributed by atoms with Gasteiger partial charge in [-0.25, -0.2) is 4.79 Å². The number of hydrogen-bond acceptors (Lipinski definition) is 3. The van der Waals surface area contributed by atoms with E-state index < -0.39 is 0 Å². The van der Waals surface area contributed by atoms with E-state index in [4.69, 9.17) is 9.47 Å². The molecule has 0 aliphatic rings. The molecule has 2 aromatic rings. The molecule has 0 N–H and O–H groups in total. The van der Waals surface area contributed by atoms with Gasteiger partial charge in [-0.05, 0) is 38.1 Å². The van der Waals surface area contributed by atoms with E-state index in [-0.39, 0.29) is 12.0 Å². The fourth-order valence-electron chi connectivity index (χ4n) is 1.98. The average Bonchev–Trinajstić information content (AvgIpc) is 2.80. The molecular formula is C14H17NO3. The Morgan fingerprint density at radius 2 is 2.17 bits per heavy atom. The van der Waals surface area contributed by atoms with E-state index in [1.807, 2.05) is 48.9 Å². The minimum absolute atomic E-state index is 0.217. The normalized spacial score (nSPS) is 12.4. The summed E-state index contributed by atoms with van der Waals surface area (Å²) in [6, 6.07) is 7.42. The number of fused-ring (bicyclic) bond motifs is 1. The molecule has 1 atom stereocenters. The van der Waals surface area contributed by atoms with Crippen LogP contribution in [0.15, 0.2) is 30.5 Å². The lowest BCUT2D eigenvalue weighted by molar-refractivity contribution is -0.146. The maximum atomic E-state index is 11.7. The first-order valence-electron chi connectivity index (χ1n) is 5.98. The van der Waals surface area contributed by atoms with Crippen LogP contribution in [0, 0.1) is 0 Å². The van der Waals surface area contributed by atoms with Crippen LogP contribution < -0.4 is 4.74 Å². The molecule has 2 rings (SSSR count). The summed E-state index contributed by atoms with van der Waals surface area (Å²) in [5, 5.41) is 1.05. The third-order valence-electron chi connectivity index (χ3n) is 2.97. The third kappa shape index (κ3) is 2.18. The summed E-state index contributed by atoms with van der Waals surface area (Å²) in [7, 11) is 1.64. The highest BCUT2D eigenvalue weighted by Crippen LogP contribution is 2.24. The number of aromatic nitrogens is 1. The molecule has 4 nitrogen and oxygen atoms in total. The van der Waals surface area contributed by atoms with Crippen molar-refractivity contribution in [1.82, 2.24) is 4.57 Å². The van der Waals surface area contributed by atoms with Gasteiger partial charge in [-0.2, -0.15) is 0 Å². The van der Waals surface area contributed by atoms with Crippen molar-refractivity contribution in [2.45, 2.75) is 19.9 Å². The van der Waals surface area contributed by atoms with E-state index in [0.717, 1.165) is 16.7 Å². The van der Waals surface area contributed by atoms with Gasteiger partial charge in [-0.1, -0.05) is 0 Å². The molecular weight excluding hydrogens is 230 g/mol. The lowest BCUT2D eigenvalue weighted by atomic mass is 10.2. The van der Waals surface area contributed by atoms with Crippen LogP contribution in [0.2, 0.25) is 0 Å². The maximum absolute atomic E-state index is 11.7. The standard InChI is InChI=1S/C14H17NO3/c1-4-18-14(16)10(2)15-8-7-11-9-12(17-3)5-6-13(11)15/h5-10H,4H2,1-3H3. The smallest absolute Gasteiger partial charge is 0.328 e. The van der Waals surface area contributed by atoms with Crippen molar-refractivity contribution in [3.63, 3.8) is 0 Å². The molecule has 1 aromatic carbocycles. The van der Waals surface area contributed by atoms with Gasteiger partial charge in [0.2, 0.25) is 0 Å². The lowest BCUT2D eigenvalue weighted by Crippen LogP contribution is -2.18. The summed E-state index contributed by atoms with van der Waals surface area (Å²) >= 11 is 0. The Labute approximate surface area is 106 Å². The monoisotopic (exact) mass is 247 g/mol.